The summed E-state index contributed by atoms with van der Waals surface area (Å²) in [7, 11) is -0.364. The average Bonchev–Trinajstić information content (AvgIpc) is 2.99. The molecule has 0 spiro atoms. The summed E-state index contributed by atoms with van der Waals surface area (Å²) in [6.45, 7) is 8.49. The number of nitrogens with one attached hydrogen (secondary N) is 2. The lowest BCUT2D eigenvalue weighted by Gasteiger charge is -2.31. The molecule has 1 heterocycles. The Balaban J connectivity index is 1.67. The largest absolute Gasteiger partial charge is 0.309 e. The summed E-state index contributed by atoms with van der Waals surface area (Å²) < 4.78 is 87.2. The topological polar surface area (TPSA) is 121 Å². The van der Waals surface area contributed by atoms with Crippen molar-refractivity contribution in [2.75, 3.05) is 24.1 Å². The van der Waals surface area contributed by atoms with E-state index in [1.807, 2.05) is 14.1 Å². The van der Waals surface area contributed by atoms with E-state index in [1.165, 1.54) is 23.6 Å². The van der Waals surface area contributed by atoms with Crippen LogP contribution in [0.3, 0.4) is 0 Å². The van der Waals surface area contributed by atoms with Gasteiger partial charge in [0.25, 0.3) is 5.56 Å². The molecule has 0 aliphatic heterocycles. The van der Waals surface area contributed by atoms with E-state index in [-0.39, 0.29) is 29.1 Å². The van der Waals surface area contributed by atoms with Crippen LogP contribution in [0.5, 0.6) is 0 Å². The van der Waals surface area contributed by atoms with Crippen molar-refractivity contribution in [3.63, 3.8) is 0 Å². The minimum Gasteiger partial charge on any atom is -0.309 e. The SMILES string of the molecule is C=NC(=NC1CCC(N(C)C)CC1)Nc1c(C)nc(-c2cc(F)c(NS(=O)(=O)Cc3ccc(F)cc3)c(F)c2F)c(=O)n1C(C)C. The van der Waals surface area contributed by atoms with Gasteiger partial charge in [-0.05, 0) is 91.0 Å². The standard InChI is InChI=1S/C31H37F4N7O3S/c1-17(2)42-29(39-31(36-4)38-21-11-13-22(14-12-21)41(5)6)18(3)37-27(30(42)43)23-15-24(33)28(26(35)25(23)34)40-46(44,45)16-19-7-9-20(32)10-8-19/h7-10,15,17,21-22,40H,4,11-14,16H2,1-3,5-6H3,(H,38,39). The van der Waals surface area contributed by atoms with Crippen LogP contribution in [0, 0.1) is 30.2 Å². The summed E-state index contributed by atoms with van der Waals surface area (Å²) in [4.78, 5) is 28.7. The second-order valence-corrected chi connectivity index (χ2v) is 13.4. The molecule has 0 amide bonds. The molecule has 46 heavy (non-hydrogen) atoms. The number of halogens is 4. The van der Waals surface area contributed by atoms with E-state index >= 15 is 13.2 Å². The smallest absolute Gasteiger partial charge is 0.279 e. The number of hydrogen-bond donors (Lipinski definition) is 2. The lowest BCUT2D eigenvalue weighted by atomic mass is 9.91. The van der Waals surface area contributed by atoms with Gasteiger partial charge in [0.1, 0.15) is 23.0 Å². The van der Waals surface area contributed by atoms with Gasteiger partial charge < -0.3 is 10.2 Å². The molecule has 0 atom stereocenters. The maximum atomic E-state index is 15.5. The Labute approximate surface area is 265 Å². The third kappa shape index (κ3) is 7.81. The minimum atomic E-state index is -4.45. The Morgan fingerprint density at radius 3 is 2.28 bits per heavy atom. The zero-order valence-corrected chi connectivity index (χ0v) is 27.1. The molecule has 4 rings (SSSR count). The monoisotopic (exact) mass is 663 g/mol. The lowest BCUT2D eigenvalue weighted by Crippen LogP contribution is -2.34. The number of aliphatic imine (C=N–C) groups is 2. The molecule has 1 aliphatic rings. The highest BCUT2D eigenvalue weighted by atomic mass is 32.2. The first-order valence-corrected chi connectivity index (χ1v) is 16.3. The number of benzene rings is 2. The van der Waals surface area contributed by atoms with Crippen LogP contribution < -0.4 is 15.6 Å². The number of nitrogens with zero attached hydrogens (tertiary/aromatic N) is 5. The van der Waals surface area contributed by atoms with Crippen molar-refractivity contribution in [3.05, 3.63) is 75.2 Å². The molecule has 0 bridgehead atoms. The van der Waals surface area contributed by atoms with Gasteiger partial charge in [-0.1, -0.05) is 12.1 Å². The second-order valence-electron chi connectivity index (χ2n) is 11.7. The normalized spacial score (nSPS) is 17.4. The Morgan fingerprint density at radius 1 is 1.09 bits per heavy atom. The van der Waals surface area contributed by atoms with Crippen molar-refractivity contribution in [1.29, 1.82) is 0 Å². The highest BCUT2D eigenvalue weighted by molar-refractivity contribution is 7.91. The first-order valence-electron chi connectivity index (χ1n) is 14.7. The van der Waals surface area contributed by atoms with Gasteiger partial charge >= 0.3 is 0 Å². The van der Waals surface area contributed by atoms with E-state index < -0.39 is 67.6 Å². The molecular formula is C31H37F4N7O3S. The molecule has 1 saturated carbocycles. The van der Waals surface area contributed by atoms with Gasteiger partial charge in [0.2, 0.25) is 16.0 Å². The lowest BCUT2D eigenvalue weighted by molar-refractivity contribution is 0.217. The second kappa shape index (κ2) is 14.1. The zero-order valence-electron chi connectivity index (χ0n) is 26.2. The molecule has 1 aliphatic carbocycles. The number of guanidine groups is 1. The van der Waals surface area contributed by atoms with Gasteiger partial charge in [-0.15, -0.1) is 0 Å². The van der Waals surface area contributed by atoms with Crippen LogP contribution >= 0.6 is 0 Å². The highest BCUT2D eigenvalue weighted by Crippen LogP contribution is 2.32. The summed E-state index contributed by atoms with van der Waals surface area (Å²) in [5, 5.41) is 3.01. The fourth-order valence-electron chi connectivity index (χ4n) is 5.43. The van der Waals surface area contributed by atoms with E-state index in [4.69, 9.17) is 0 Å². The van der Waals surface area contributed by atoms with Gasteiger partial charge in [0.15, 0.2) is 17.5 Å². The fraction of sp³-hybridized carbons (Fsp3) is 0.419. The van der Waals surface area contributed by atoms with Crippen LogP contribution in [0.2, 0.25) is 0 Å². The number of rotatable bonds is 9. The fourth-order valence-corrected chi connectivity index (χ4v) is 6.63. The zero-order chi connectivity index (χ0) is 33.9. The summed E-state index contributed by atoms with van der Waals surface area (Å²) in [6.07, 6.45) is 3.60. The van der Waals surface area contributed by atoms with Crippen molar-refractivity contribution in [1.82, 2.24) is 14.5 Å². The third-order valence-corrected chi connectivity index (χ3v) is 9.05. The minimum absolute atomic E-state index is 0.0114. The van der Waals surface area contributed by atoms with Gasteiger partial charge in [-0.25, -0.2) is 40.9 Å². The number of aromatic nitrogens is 2. The molecule has 2 aromatic carbocycles. The maximum absolute atomic E-state index is 15.5. The molecule has 1 aromatic heterocycles. The van der Waals surface area contributed by atoms with Crippen molar-refractivity contribution in [3.8, 4) is 11.3 Å². The summed E-state index contributed by atoms with van der Waals surface area (Å²) in [6, 6.07) is 4.88. The molecule has 0 saturated heterocycles. The van der Waals surface area contributed by atoms with E-state index in [9.17, 15) is 17.6 Å². The highest BCUT2D eigenvalue weighted by Gasteiger charge is 2.28. The van der Waals surface area contributed by atoms with Gasteiger partial charge in [-0.3, -0.25) is 14.1 Å². The van der Waals surface area contributed by atoms with Crippen LogP contribution in [0.25, 0.3) is 11.3 Å². The van der Waals surface area contributed by atoms with Gasteiger partial charge in [-0.2, -0.15) is 0 Å². The van der Waals surface area contributed by atoms with Crippen molar-refractivity contribution < 1.29 is 26.0 Å². The number of sulfonamides is 1. The van der Waals surface area contributed by atoms with Gasteiger partial charge in [0.05, 0.1) is 17.5 Å². The van der Waals surface area contributed by atoms with E-state index in [0.29, 0.717) is 12.1 Å². The van der Waals surface area contributed by atoms with Crippen molar-refractivity contribution >= 4 is 34.2 Å². The van der Waals surface area contributed by atoms with E-state index in [0.717, 1.165) is 37.8 Å². The van der Waals surface area contributed by atoms with Gasteiger partial charge in [0, 0.05) is 17.6 Å². The summed E-state index contributed by atoms with van der Waals surface area (Å²) >= 11 is 0. The number of aryl methyl sites for hydroxylation is 1. The summed E-state index contributed by atoms with van der Waals surface area (Å²) in [5.74, 6) is -6.00. The molecule has 10 nitrogen and oxygen atoms in total. The quantitative estimate of drug-likeness (QED) is 0.132. The number of hydrogen-bond acceptors (Lipinski definition) is 6. The Bertz CT molecular complexity index is 1800. The third-order valence-electron chi connectivity index (χ3n) is 7.82. The van der Waals surface area contributed by atoms with Crippen LogP contribution in [0.15, 0.2) is 45.1 Å². The summed E-state index contributed by atoms with van der Waals surface area (Å²) in [5.41, 5.74) is -3.19. The number of anilines is 2. The molecule has 1 fully saturated rings. The molecular weight excluding hydrogens is 626 g/mol. The first-order chi connectivity index (χ1) is 21.6. The molecule has 2 N–H and O–H groups in total. The molecule has 248 valence electrons. The Kier molecular flexibility index (Phi) is 10.7. The van der Waals surface area contributed by atoms with Crippen LogP contribution in [-0.4, -0.2) is 61.7 Å². The Hall–Kier alpha value is -4.11. The molecule has 0 radical (unpaired) electrons. The maximum Gasteiger partial charge on any atom is 0.279 e. The average molecular weight is 664 g/mol. The predicted octanol–water partition coefficient (Wildman–Crippen LogP) is 5.64. The molecule has 15 heteroatoms. The molecule has 0 unspecified atom stereocenters. The predicted molar refractivity (Wildman–Crippen MR) is 172 cm³/mol. The first kappa shape index (κ1) is 34.8. The molecule has 3 aromatic rings. The van der Waals surface area contributed by atoms with Crippen molar-refractivity contribution in [2.24, 2.45) is 9.98 Å². The van der Waals surface area contributed by atoms with Crippen LogP contribution in [0.4, 0.5) is 29.1 Å². The van der Waals surface area contributed by atoms with Crippen LogP contribution in [-0.2, 0) is 15.8 Å². The van der Waals surface area contributed by atoms with E-state index in [2.05, 4.69) is 31.9 Å². The van der Waals surface area contributed by atoms with E-state index in [1.54, 1.807) is 18.6 Å². The van der Waals surface area contributed by atoms with Crippen LogP contribution in [0.1, 0.15) is 56.8 Å². The van der Waals surface area contributed by atoms with Crippen molar-refractivity contribution in [2.45, 2.75) is 70.3 Å². The Morgan fingerprint density at radius 2 is 1.72 bits per heavy atom.